The molecule has 1 N–H and O–H groups in total. The maximum Gasteiger partial charge on any atom is 0.252 e. The number of aromatic nitrogens is 2. The van der Waals surface area contributed by atoms with Crippen molar-refractivity contribution in [1.29, 1.82) is 0 Å². The zero-order chi connectivity index (χ0) is 21.6. The predicted molar refractivity (Wildman–Crippen MR) is 118 cm³/mol. The Hall–Kier alpha value is -4.06. The van der Waals surface area contributed by atoms with Crippen molar-refractivity contribution in [1.82, 2.24) is 14.9 Å². The fraction of sp³-hybridized carbons (Fsp3) is 0.120. The molecular weight excluding hydrogens is 390 g/mol. The van der Waals surface area contributed by atoms with Crippen LogP contribution in [0.4, 0.5) is 0 Å². The molecule has 0 radical (unpaired) electrons. The molecule has 4 rings (SSSR count). The number of hydrogen-bond donors (Lipinski definition) is 1. The summed E-state index contributed by atoms with van der Waals surface area (Å²) < 4.78 is 13.0. The number of nitrogens with zero attached hydrogens (tertiary/aromatic N) is 2. The lowest BCUT2D eigenvalue weighted by atomic mass is 10.0. The van der Waals surface area contributed by atoms with Crippen molar-refractivity contribution in [2.24, 2.45) is 7.05 Å². The van der Waals surface area contributed by atoms with E-state index in [1.807, 2.05) is 78.5 Å². The van der Waals surface area contributed by atoms with E-state index in [1.165, 1.54) is 0 Å². The highest BCUT2D eigenvalue weighted by Gasteiger charge is 2.22. The summed E-state index contributed by atoms with van der Waals surface area (Å²) in [6, 6.07) is 23.7. The summed E-state index contributed by atoms with van der Waals surface area (Å²) in [6.45, 7) is 0. The molecule has 0 spiro atoms. The Kier molecular flexibility index (Phi) is 5.98. The minimum Gasteiger partial charge on any atom is -0.497 e. The molecule has 156 valence electrons. The highest BCUT2D eigenvalue weighted by Crippen LogP contribution is 2.25. The second-order valence-corrected chi connectivity index (χ2v) is 7.02. The van der Waals surface area contributed by atoms with Crippen LogP contribution in [0.5, 0.6) is 17.2 Å². The molecule has 1 atom stereocenters. The van der Waals surface area contributed by atoms with Crippen LogP contribution in [0, 0.1) is 0 Å². The van der Waals surface area contributed by atoms with Gasteiger partial charge in [0.05, 0.1) is 7.11 Å². The first-order chi connectivity index (χ1) is 15.1. The maximum atomic E-state index is 13.1. The van der Waals surface area contributed by atoms with Gasteiger partial charge in [0.25, 0.3) is 5.91 Å². The quantitative estimate of drug-likeness (QED) is 0.475. The average molecular weight is 413 g/mol. The first-order valence-electron chi connectivity index (χ1n) is 9.89. The van der Waals surface area contributed by atoms with Crippen LogP contribution in [-0.2, 0) is 7.05 Å². The summed E-state index contributed by atoms with van der Waals surface area (Å²) in [7, 11) is 3.52. The summed E-state index contributed by atoms with van der Waals surface area (Å²) >= 11 is 0. The fourth-order valence-corrected chi connectivity index (χ4v) is 3.29. The molecule has 0 aliphatic rings. The highest BCUT2D eigenvalue weighted by molar-refractivity contribution is 5.95. The minimum atomic E-state index is -0.419. The van der Waals surface area contributed by atoms with E-state index in [9.17, 15) is 4.79 Å². The van der Waals surface area contributed by atoms with Gasteiger partial charge in [0.1, 0.15) is 29.1 Å². The summed E-state index contributed by atoms with van der Waals surface area (Å²) in [6.07, 6.45) is 3.57. The third-order valence-corrected chi connectivity index (χ3v) is 4.92. The van der Waals surface area contributed by atoms with Crippen LogP contribution < -0.4 is 14.8 Å². The van der Waals surface area contributed by atoms with E-state index in [0.717, 1.165) is 17.1 Å². The third kappa shape index (κ3) is 4.75. The van der Waals surface area contributed by atoms with Gasteiger partial charge in [0.2, 0.25) is 0 Å². The number of amides is 1. The van der Waals surface area contributed by atoms with E-state index < -0.39 is 6.04 Å². The molecule has 6 heteroatoms. The first kappa shape index (κ1) is 20.2. The summed E-state index contributed by atoms with van der Waals surface area (Å²) in [4.78, 5) is 17.6. The molecule has 0 saturated carbocycles. The number of ether oxygens (including phenoxy) is 2. The summed E-state index contributed by atoms with van der Waals surface area (Å²) in [5, 5.41) is 3.10. The highest BCUT2D eigenvalue weighted by atomic mass is 16.5. The third-order valence-electron chi connectivity index (χ3n) is 4.92. The molecule has 0 saturated heterocycles. The van der Waals surface area contributed by atoms with Crippen molar-refractivity contribution in [3.8, 4) is 17.2 Å². The maximum absolute atomic E-state index is 13.1. The Balaban J connectivity index is 1.59. The zero-order valence-corrected chi connectivity index (χ0v) is 17.4. The van der Waals surface area contributed by atoms with Gasteiger partial charge in [0.15, 0.2) is 0 Å². The van der Waals surface area contributed by atoms with Gasteiger partial charge in [-0.05, 0) is 48.0 Å². The Morgan fingerprint density at radius 3 is 2.35 bits per heavy atom. The molecule has 6 nitrogen and oxygen atoms in total. The average Bonchev–Trinajstić information content (AvgIpc) is 3.24. The Morgan fingerprint density at radius 2 is 1.68 bits per heavy atom. The van der Waals surface area contributed by atoms with Gasteiger partial charge in [0, 0.05) is 25.0 Å². The number of benzene rings is 3. The molecule has 3 aromatic carbocycles. The molecule has 1 aromatic heterocycles. The number of carbonyl (C=O) groups excluding carboxylic acids is 1. The molecule has 31 heavy (non-hydrogen) atoms. The summed E-state index contributed by atoms with van der Waals surface area (Å²) in [5.74, 6) is 2.57. The monoisotopic (exact) mass is 413 g/mol. The molecule has 1 amide bonds. The molecular formula is C25H23N3O3. The molecule has 0 bridgehead atoms. The fourth-order valence-electron chi connectivity index (χ4n) is 3.29. The molecule has 0 aliphatic heterocycles. The second kappa shape index (κ2) is 9.17. The number of nitrogens with one attached hydrogen (secondary N) is 1. The topological polar surface area (TPSA) is 65.4 Å². The van der Waals surface area contributed by atoms with E-state index in [-0.39, 0.29) is 5.91 Å². The number of hydrogen-bond acceptors (Lipinski definition) is 4. The lowest BCUT2D eigenvalue weighted by molar-refractivity contribution is 0.0941. The number of para-hydroxylation sites is 1. The van der Waals surface area contributed by atoms with Crippen molar-refractivity contribution >= 4 is 5.91 Å². The van der Waals surface area contributed by atoms with Gasteiger partial charge in [-0.15, -0.1) is 0 Å². The van der Waals surface area contributed by atoms with Gasteiger partial charge >= 0.3 is 0 Å². The second-order valence-electron chi connectivity index (χ2n) is 7.02. The lowest BCUT2D eigenvalue weighted by Gasteiger charge is -2.20. The van der Waals surface area contributed by atoms with Crippen molar-refractivity contribution in [2.75, 3.05) is 7.11 Å². The van der Waals surface area contributed by atoms with Gasteiger partial charge in [-0.25, -0.2) is 4.98 Å². The van der Waals surface area contributed by atoms with E-state index >= 15 is 0 Å². The number of carbonyl (C=O) groups is 1. The van der Waals surface area contributed by atoms with Crippen LogP contribution in [0.2, 0.25) is 0 Å². The van der Waals surface area contributed by atoms with Crippen LogP contribution in [0.25, 0.3) is 0 Å². The first-order valence-corrected chi connectivity index (χ1v) is 9.89. The Morgan fingerprint density at radius 1 is 0.935 bits per heavy atom. The predicted octanol–water partition coefficient (Wildman–Crippen LogP) is 4.74. The van der Waals surface area contributed by atoms with Gasteiger partial charge in [-0.3, -0.25) is 4.79 Å². The smallest absolute Gasteiger partial charge is 0.252 e. The standard InChI is InChI=1S/C25H23N3O3/c1-28-16-15-26-24(28)23(18-11-13-20(30-2)14-12-18)27-25(29)19-7-6-10-22(17-19)31-21-8-4-3-5-9-21/h3-17,23H,1-2H3,(H,27,29). The lowest BCUT2D eigenvalue weighted by Crippen LogP contribution is -2.31. The zero-order valence-electron chi connectivity index (χ0n) is 17.4. The summed E-state index contributed by atoms with van der Waals surface area (Å²) in [5.41, 5.74) is 1.40. The van der Waals surface area contributed by atoms with Crippen LogP contribution in [0.1, 0.15) is 27.8 Å². The van der Waals surface area contributed by atoms with Crippen molar-refractivity contribution in [2.45, 2.75) is 6.04 Å². The SMILES string of the molecule is COc1ccc(C(NC(=O)c2cccc(Oc3ccccc3)c2)c2nccn2C)cc1. The Labute approximate surface area is 181 Å². The molecule has 1 heterocycles. The number of aryl methyl sites for hydroxylation is 1. The van der Waals surface area contributed by atoms with Crippen LogP contribution >= 0.6 is 0 Å². The van der Waals surface area contributed by atoms with E-state index in [0.29, 0.717) is 17.1 Å². The van der Waals surface area contributed by atoms with Crippen LogP contribution in [0.3, 0.4) is 0 Å². The number of rotatable bonds is 7. The van der Waals surface area contributed by atoms with Crippen LogP contribution in [-0.4, -0.2) is 22.6 Å². The van der Waals surface area contributed by atoms with Crippen LogP contribution in [0.15, 0.2) is 91.3 Å². The van der Waals surface area contributed by atoms with Gasteiger partial charge in [-0.2, -0.15) is 0 Å². The molecule has 0 fully saturated rings. The van der Waals surface area contributed by atoms with Crippen molar-refractivity contribution < 1.29 is 14.3 Å². The minimum absolute atomic E-state index is 0.220. The van der Waals surface area contributed by atoms with E-state index in [4.69, 9.17) is 9.47 Å². The largest absolute Gasteiger partial charge is 0.497 e. The van der Waals surface area contributed by atoms with Crippen molar-refractivity contribution in [3.63, 3.8) is 0 Å². The number of imidazole rings is 1. The molecule has 4 aromatic rings. The van der Waals surface area contributed by atoms with Crippen molar-refractivity contribution in [3.05, 3.63) is 108 Å². The van der Waals surface area contributed by atoms with E-state index in [1.54, 1.807) is 31.5 Å². The van der Waals surface area contributed by atoms with Gasteiger partial charge < -0.3 is 19.4 Å². The number of methoxy groups -OCH3 is 1. The molecule has 0 aliphatic carbocycles. The Bertz CT molecular complexity index is 1150. The normalized spacial score (nSPS) is 11.5. The molecule has 1 unspecified atom stereocenters. The van der Waals surface area contributed by atoms with E-state index in [2.05, 4.69) is 10.3 Å². The van der Waals surface area contributed by atoms with Gasteiger partial charge in [-0.1, -0.05) is 36.4 Å².